The molecule has 0 amide bonds. The number of hydrogen-bond donors (Lipinski definition) is 0. The topological polar surface area (TPSA) is 0 Å². The lowest BCUT2D eigenvalue weighted by Gasteiger charge is -2.16. The second-order valence-electron chi connectivity index (χ2n) is 4.10. The first-order valence-electron chi connectivity index (χ1n) is 4.66. The van der Waals surface area contributed by atoms with Gasteiger partial charge in [0.2, 0.25) is 0 Å². The van der Waals surface area contributed by atoms with Gasteiger partial charge in [0.05, 0.1) is 0 Å². The Bertz CT molecular complexity index is 107. The fourth-order valence-corrected chi connectivity index (χ4v) is 2.39. The van der Waals surface area contributed by atoms with E-state index in [0.717, 1.165) is 23.7 Å². The Morgan fingerprint density at radius 1 is 1.10 bits per heavy atom. The Morgan fingerprint density at radius 3 is 1.90 bits per heavy atom. The minimum Gasteiger partial charge on any atom is -0.0651 e. The zero-order valence-electron chi connectivity index (χ0n) is 7.72. The van der Waals surface area contributed by atoms with Crippen molar-refractivity contribution in [2.75, 3.05) is 0 Å². The van der Waals surface area contributed by atoms with Crippen LogP contribution < -0.4 is 0 Å². The lowest BCUT2D eigenvalue weighted by Crippen LogP contribution is -2.08. The van der Waals surface area contributed by atoms with Gasteiger partial charge in [-0.25, -0.2) is 0 Å². The van der Waals surface area contributed by atoms with Crippen LogP contribution >= 0.6 is 0 Å². The predicted octanol–water partition coefficient (Wildman–Crippen LogP) is 3.32. The van der Waals surface area contributed by atoms with Crippen molar-refractivity contribution in [2.45, 2.75) is 40.5 Å². The summed E-state index contributed by atoms with van der Waals surface area (Å²) in [5.74, 6) is 3.93. The van der Waals surface area contributed by atoms with Gasteiger partial charge in [-0.2, -0.15) is 0 Å². The smallest absolute Gasteiger partial charge is 0.0386 e. The number of hydrogen-bond acceptors (Lipinski definition) is 0. The molecule has 0 spiro atoms. The van der Waals surface area contributed by atoms with Crippen LogP contribution in [0.2, 0.25) is 0 Å². The molecule has 0 saturated heterocycles. The summed E-state index contributed by atoms with van der Waals surface area (Å²) in [5, 5.41) is 0. The monoisotopic (exact) mass is 140 g/mol. The van der Waals surface area contributed by atoms with E-state index in [0.29, 0.717) is 0 Å². The molecule has 0 aliphatic heterocycles. The van der Waals surface area contributed by atoms with Gasteiger partial charge in [0.1, 0.15) is 0 Å². The van der Waals surface area contributed by atoms with Crippen molar-refractivity contribution in [1.82, 2.24) is 0 Å². The quantitative estimate of drug-likeness (QED) is 0.524. The van der Waals surface area contributed by atoms with E-state index in [9.17, 15) is 0 Å². The maximum atomic E-state index is 2.42. The van der Waals surface area contributed by atoms with E-state index >= 15 is 0 Å². The highest BCUT2D eigenvalue weighted by Crippen LogP contribution is 2.42. The van der Waals surface area contributed by atoms with Crippen LogP contribution in [0.1, 0.15) is 40.5 Å². The summed E-state index contributed by atoms with van der Waals surface area (Å²) in [6, 6.07) is 0. The Labute approximate surface area is 65.0 Å². The fourth-order valence-electron chi connectivity index (χ4n) is 2.39. The van der Waals surface area contributed by atoms with Crippen molar-refractivity contribution in [2.24, 2.45) is 23.7 Å². The van der Waals surface area contributed by atoms with Crippen LogP contribution in [0.25, 0.3) is 0 Å². The summed E-state index contributed by atoms with van der Waals surface area (Å²) >= 11 is 0. The summed E-state index contributed by atoms with van der Waals surface area (Å²) in [6.07, 6.45) is 2.86. The van der Waals surface area contributed by atoms with Crippen molar-refractivity contribution >= 4 is 0 Å². The van der Waals surface area contributed by atoms with Gasteiger partial charge in [0.25, 0.3) is 0 Å². The average molecular weight is 140 g/mol. The molecule has 0 nitrogen and oxygen atoms in total. The van der Waals surface area contributed by atoms with E-state index in [-0.39, 0.29) is 0 Å². The van der Waals surface area contributed by atoms with Gasteiger partial charge in [0.15, 0.2) is 0 Å². The Hall–Kier alpha value is 0. The van der Waals surface area contributed by atoms with Gasteiger partial charge in [-0.1, -0.05) is 34.1 Å². The molecule has 1 aliphatic rings. The zero-order valence-corrected chi connectivity index (χ0v) is 7.72. The van der Waals surface area contributed by atoms with Crippen LogP contribution in [0, 0.1) is 23.7 Å². The third-order valence-electron chi connectivity index (χ3n) is 3.67. The summed E-state index contributed by atoms with van der Waals surface area (Å²) in [5.41, 5.74) is 0. The molecule has 1 rings (SSSR count). The summed E-state index contributed by atoms with van der Waals surface area (Å²) in [6.45, 7) is 9.55. The first kappa shape index (κ1) is 8.10. The highest BCUT2D eigenvalue weighted by Gasteiger charge is 2.33. The molecular weight excluding hydrogens is 120 g/mol. The standard InChI is InChI=1S/C10H20/c1-5-10-6-7(2)8(3)9(10)4/h7-10H,5-6H2,1-4H3/t7-,8-,9-,10?/m0/s1. The van der Waals surface area contributed by atoms with Crippen LogP contribution in [0.15, 0.2) is 0 Å². The van der Waals surface area contributed by atoms with Crippen LogP contribution in [0.4, 0.5) is 0 Å². The molecule has 1 fully saturated rings. The average Bonchev–Trinajstić information content (AvgIpc) is 2.17. The van der Waals surface area contributed by atoms with E-state index in [2.05, 4.69) is 27.7 Å². The first-order chi connectivity index (χ1) is 4.66. The van der Waals surface area contributed by atoms with E-state index in [1.807, 2.05) is 0 Å². The summed E-state index contributed by atoms with van der Waals surface area (Å²) < 4.78 is 0. The Morgan fingerprint density at radius 2 is 1.70 bits per heavy atom. The fraction of sp³-hybridized carbons (Fsp3) is 1.00. The minimum absolute atomic E-state index is 0.963. The SMILES string of the molecule is CCC1C[C@H](C)[C@H](C)[C@@H]1C. The van der Waals surface area contributed by atoms with Crippen molar-refractivity contribution < 1.29 is 0 Å². The number of rotatable bonds is 1. The molecule has 1 unspecified atom stereocenters. The van der Waals surface area contributed by atoms with Crippen LogP contribution in [-0.4, -0.2) is 0 Å². The highest BCUT2D eigenvalue weighted by molar-refractivity contribution is 4.83. The lowest BCUT2D eigenvalue weighted by atomic mass is 9.90. The predicted molar refractivity (Wildman–Crippen MR) is 45.9 cm³/mol. The molecule has 0 radical (unpaired) electrons. The van der Waals surface area contributed by atoms with Gasteiger partial charge in [-0.3, -0.25) is 0 Å². The van der Waals surface area contributed by atoms with E-state index in [1.54, 1.807) is 0 Å². The zero-order chi connectivity index (χ0) is 7.72. The van der Waals surface area contributed by atoms with Gasteiger partial charge in [-0.15, -0.1) is 0 Å². The molecule has 1 aliphatic carbocycles. The molecule has 0 heteroatoms. The maximum absolute atomic E-state index is 2.42. The van der Waals surface area contributed by atoms with Crippen LogP contribution in [0.5, 0.6) is 0 Å². The van der Waals surface area contributed by atoms with Gasteiger partial charge >= 0.3 is 0 Å². The third-order valence-corrected chi connectivity index (χ3v) is 3.67. The molecule has 4 atom stereocenters. The van der Waals surface area contributed by atoms with Crippen molar-refractivity contribution in [3.05, 3.63) is 0 Å². The summed E-state index contributed by atoms with van der Waals surface area (Å²) in [7, 11) is 0. The molecule has 0 aromatic rings. The maximum Gasteiger partial charge on any atom is -0.0386 e. The van der Waals surface area contributed by atoms with Gasteiger partial charge in [0, 0.05) is 0 Å². The first-order valence-corrected chi connectivity index (χ1v) is 4.66. The van der Waals surface area contributed by atoms with Crippen molar-refractivity contribution in [3.63, 3.8) is 0 Å². The minimum atomic E-state index is 0.963. The van der Waals surface area contributed by atoms with E-state index in [4.69, 9.17) is 0 Å². The Kier molecular flexibility index (Phi) is 2.38. The molecule has 10 heavy (non-hydrogen) atoms. The molecule has 0 bridgehead atoms. The molecular formula is C10H20. The molecule has 0 N–H and O–H groups in total. The Balaban J connectivity index is 2.53. The van der Waals surface area contributed by atoms with Crippen molar-refractivity contribution in [1.29, 1.82) is 0 Å². The van der Waals surface area contributed by atoms with Crippen LogP contribution in [-0.2, 0) is 0 Å². The molecule has 60 valence electrons. The lowest BCUT2D eigenvalue weighted by molar-refractivity contribution is 0.334. The molecule has 0 aromatic carbocycles. The van der Waals surface area contributed by atoms with Crippen molar-refractivity contribution in [3.8, 4) is 0 Å². The summed E-state index contributed by atoms with van der Waals surface area (Å²) in [4.78, 5) is 0. The largest absolute Gasteiger partial charge is 0.0651 e. The second-order valence-corrected chi connectivity index (χ2v) is 4.10. The van der Waals surface area contributed by atoms with Gasteiger partial charge in [-0.05, 0) is 30.1 Å². The van der Waals surface area contributed by atoms with Crippen LogP contribution in [0.3, 0.4) is 0 Å². The van der Waals surface area contributed by atoms with E-state index in [1.165, 1.54) is 12.8 Å². The third kappa shape index (κ3) is 1.21. The molecule has 0 heterocycles. The molecule has 0 aromatic heterocycles. The van der Waals surface area contributed by atoms with Gasteiger partial charge < -0.3 is 0 Å². The second kappa shape index (κ2) is 2.94. The van der Waals surface area contributed by atoms with E-state index < -0.39 is 0 Å². The normalized spacial score (nSPS) is 48.0. The molecule has 1 saturated carbocycles. The highest BCUT2D eigenvalue weighted by atomic mass is 14.4.